The number of hydrogen-bond acceptors (Lipinski definition) is 4. The van der Waals surface area contributed by atoms with Gasteiger partial charge >= 0.3 is 6.18 Å². The van der Waals surface area contributed by atoms with Crippen molar-refractivity contribution in [3.05, 3.63) is 59.2 Å². The average molecular weight is 405 g/mol. The Balaban J connectivity index is 1.57. The number of hydrogen-bond donors (Lipinski definition) is 1. The van der Waals surface area contributed by atoms with Gasteiger partial charge in [0.15, 0.2) is 6.79 Å². The van der Waals surface area contributed by atoms with Gasteiger partial charge in [-0.15, -0.1) is 0 Å². The van der Waals surface area contributed by atoms with Crippen molar-refractivity contribution in [1.29, 1.82) is 0 Å². The van der Waals surface area contributed by atoms with Gasteiger partial charge in [0, 0.05) is 22.9 Å². The van der Waals surface area contributed by atoms with Crippen molar-refractivity contribution >= 4 is 17.2 Å². The van der Waals surface area contributed by atoms with Gasteiger partial charge in [0.05, 0.1) is 18.8 Å². The maximum Gasteiger partial charge on any atom is 0.416 e. The number of halogens is 3. The van der Waals surface area contributed by atoms with Gasteiger partial charge in [0.1, 0.15) is 11.5 Å². The first-order valence-corrected chi connectivity index (χ1v) is 9.09. The molecule has 1 amide bonds. The first-order valence-electron chi connectivity index (χ1n) is 9.09. The van der Waals surface area contributed by atoms with E-state index in [1.807, 2.05) is 0 Å². The molecule has 2 aliphatic rings. The quantitative estimate of drug-likeness (QED) is 0.732. The molecular formula is C21H18F3NO4. The molecule has 2 aromatic carbocycles. The van der Waals surface area contributed by atoms with E-state index in [2.05, 4.69) is 5.32 Å². The van der Waals surface area contributed by atoms with Crippen molar-refractivity contribution in [2.24, 2.45) is 0 Å². The van der Waals surface area contributed by atoms with Crippen LogP contribution in [0.1, 0.15) is 29.5 Å². The highest BCUT2D eigenvalue weighted by atomic mass is 19.4. The van der Waals surface area contributed by atoms with Crippen molar-refractivity contribution in [2.75, 3.05) is 18.7 Å². The molecule has 2 aromatic rings. The standard InChI is InChI=1S/C21H18F3NO4/c22-21(23,24)15-3-5-17-13(2-1-7-28-19(17)10-15)9-20(26)25-16-4-6-18-14(8-16)11-27-12-29-18/h3-6,8-10H,1-2,7,11-12H2,(H,25,26)/b13-9+. The third kappa shape index (κ3) is 4.37. The highest BCUT2D eigenvalue weighted by molar-refractivity contribution is 6.04. The molecule has 0 saturated heterocycles. The van der Waals surface area contributed by atoms with E-state index in [9.17, 15) is 18.0 Å². The summed E-state index contributed by atoms with van der Waals surface area (Å²) in [6, 6.07) is 8.59. The van der Waals surface area contributed by atoms with Gasteiger partial charge < -0.3 is 19.5 Å². The maximum absolute atomic E-state index is 13.0. The molecule has 0 radical (unpaired) electrons. The van der Waals surface area contributed by atoms with Crippen LogP contribution in [0.5, 0.6) is 11.5 Å². The fraction of sp³-hybridized carbons (Fsp3) is 0.286. The molecular weight excluding hydrogens is 387 g/mol. The molecule has 0 aromatic heterocycles. The summed E-state index contributed by atoms with van der Waals surface area (Å²) in [4.78, 5) is 12.5. The number of benzene rings is 2. The van der Waals surface area contributed by atoms with Crippen molar-refractivity contribution in [2.45, 2.75) is 25.6 Å². The summed E-state index contributed by atoms with van der Waals surface area (Å²) in [6.07, 6.45) is -1.92. The molecule has 0 fully saturated rings. The van der Waals surface area contributed by atoms with Crippen LogP contribution in [0.3, 0.4) is 0 Å². The number of nitrogens with one attached hydrogen (secondary N) is 1. The Morgan fingerprint density at radius 1 is 1.07 bits per heavy atom. The molecule has 0 atom stereocenters. The van der Waals surface area contributed by atoms with Crippen molar-refractivity contribution in [3.8, 4) is 11.5 Å². The molecule has 8 heteroatoms. The molecule has 29 heavy (non-hydrogen) atoms. The molecule has 0 unspecified atom stereocenters. The highest BCUT2D eigenvalue weighted by Crippen LogP contribution is 2.38. The van der Waals surface area contributed by atoms with Crippen LogP contribution in [0.25, 0.3) is 5.57 Å². The lowest BCUT2D eigenvalue weighted by atomic mass is 9.99. The van der Waals surface area contributed by atoms with Gasteiger partial charge in [-0.25, -0.2) is 0 Å². The molecule has 0 saturated carbocycles. The maximum atomic E-state index is 13.0. The number of alkyl halides is 3. The smallest absolute Gasteiger partial charge is 0.416 e. The first kappa shape index (κ1) is 19.3. The Bertz CT molecular complexity index is 969. The summed E-state index contributed by atoms with van der Waals surface area (Å²) < 4.78 is 55.0. The first-order chi connectivity index (χ1) is 13.9. The Morgan fingerprint density at radius 2 is 1.93 bits per heavy atom. The van der Waals surface area contributed by atoms with Gasteiger partial charge in [0.2, 0.25) is 5.91 Å². The lowest BCUT2D eigenvalue weighted by Gasteiger charge is -2.18. The minimum atomic E-state index is -4.45. The second-order valence-electron chi connectivity index (χ2n) is 6.75. The van der Waals surface area contributed by atoms with E-state index < -0.39 is 11.7 Å². The number of anilines is 1. The fourth-order valence-electron chi connectivity index (χ4n) is 3.32. The molecule has 0 bridgehead atoms. The number of ether oxygens (including phenoxy) is 3. The van der Waals surface area contributed by atoms with E-state index in [0.29, 0.717) is 42.0 Å². The van der Waals surface area contributed by atoms with Gasteiger partial charge in [-0.05, 0) is 48.7 Å². The second kappa shape index (κ2) is 7.79. The summed E-state index contributed by atoms with van der Waals surface area (Å²) in [5.41, 5.74) is 1.76. The van der Waals surface area contributed by atoms with Crippen LogP contribution in [-0.2, 0) is 22.3 Å². The van der Waals surface area contributed by atoms with E-state index in [-0.39, 0.29) is 25.1 Å². The predicted octanol–water partition coefficient (Wildman–Crippen LogP) is 4.77. The molecule has 2 aliphatic heterocycles. The topological polar surface area (TPSA) is 56.8 Å². The zero-order valence-corrected chi connectivity index (χ0v) is 15.3. The molecule has 5 nitrogen and oxygen atoms in total. The minimum Gasteiger partial charge on any atom is -0.493 e. The number of fused-ring (bicyclic) bond motifs is 2. The van der Waals surface area contributed by atoms with Crippen LogP contribution in [0.15, 0.2) is 42.5 Å². The van der Waals surface area contributed by atoms with E-state index in [0.717, 1.165) is 17.7 Å². The summed E-state index contributed by atoms with van der Waals surface area (Å²) >= 11 is 0. The molecule has 4 rings (SSSR count). The third-order valence-corrected chi connectivity index (χ3v) is 4.69. The zero-order chi connectivity index (χ0) is 20.4. The van der Waals surface area contributed by atoms with E-state index in [4.69, 9.17) is 14.2 Å². The Morgan fingerprint density at radius 3 is 2.76 bits per heavy atom. The largest absolute Gasteiger partial charge is 0.493 e. The highest BCUT2D eigenvalue weighted by Gasteiger charge is 2.32. The normalized spacial score (nSPS) is 17.4. The van der Waals surface area contributed by atoms with Gasteiger partial charge in [-0.3, -0.25) is 4.79 Å². The van der Waals surface area contributed by atoms with Crippen molar-refractivity contribution < 1.29 is 32.2 Å². The lowest BCUT2D eigenvalue weighted by molar-refractivity contribution is -0.137. The predicted molar refractivity (Wildman–Crippen MR) is 99.5 cm³/mol. The van der Waals surface area contributed by atoms with Crippen LogP contribution in [0.4, 0.5) is 18.9 Å². The minimum absolute atomic E-state index is 0.138. The zero-order valence-electron chi connectivity index (χ0n) is 15.3. The molecule has 0 aliphatic carbocycles. The monoisotopic (exact) mass is 405 g/mol. The van der Waals surface area contributed by atoms with Crippen LogP contribution >= 0.6 is 0 Å². The van der Waals surface area contributed by atoms with E-state index in [1.54, 1.807) is 18.2 Å². The third-order valence-electron chi connectivity index (χ3n) is 4.69. The number of amides is 1. The molecule has 2 heterocycles. The Labute approximate surface area is 165 Å². The SMILES string of the molecule is O=C(/C=C1\CCCOc2cc(C(F)(F)F)ccc21)Nc1ccc2c(c1)COCO2. The summed E-state index contributed by atoms with van der Waals surface area (Å²) in [6.45, 7) is 0.882. The molecule has 0 spiro atoms. The summed E-state index contributed by atoms with van der Waals surface area (Å²) in [5.74, 6) is 0.479. The number of carbonyl (C=O) groups is 1. The van der Waals surface area contributed by atoms with E-state index >= 15 is 0 Å². The number of carbonyl (C=O) groups excluding carboxylic acids is 1. The average Bonchev–Trinajstić information content (AvgIpc) is 2.89. The van der Waals surface area contributed by atoms with Crippen LogP contribution in [0.2, 0.25) is 0 Å². The Hall–Kier alpha value is -3.00. The second-order valence-corrected chi connectivity index (χ2v) is 6.75. The van der Waals surface area contributed by atoms with Gasteiger partial charge in [-0.1, -0.05) is 6.07 Å². The number of allylic oxidation sites excluding steroid dienone is 1. The van der Waals surface area contributed by atoms with E-state index in [1.165, 1.54) is 12.1 Å². The fourth-order valence-corrected chi connectivity index (χ4v) is 3.32. The van der Waals surface area contributed by atoms with Crippen LogP contribution in [0, 0.1) is 0 Å². The van der Waals surface area contributed by atoms with Crippen LogP contribution in [-0.4, -0.2) is 19.3 Å². The summed E-state index contributed by atoms with van der Waals surface area (Å²) in [5, 5.41) is 2.78. The van der Waals surface area contributed by atoms with Crippen molar-refractivity contribution in [3.63, 3.8) is 0 Å². The van der Waals surface area contributed by atoms with Crippen LogP contribution < -0.4 is 14.8 Å². The summed E-state index contributed by atoms with van der Waals surface area (Å²) in [7, 11) is 0. The number of rotatable bonds is 2. The van der Waals surface area contributed by atoms with Gasteiger partial charge in [0.25, 0.3) is 0 Å². The molecule has 152 valence electrons. The lowest BCUT2D eigenvalue weighted by Crippen LogP contribution is -2.13. The van der Waals surface area contributed by atoms with Gasteiger partial charge in [-0.2, -0.15) is 13.2 Å². The van der Waals surface area contributed by atoms with Crippen molar-refractivity contribution in [1.82, 2.24) is 0 Å². The Kier molecular flexibility index (Phi) is 5.19. The molecule has 1 N–H and O–H groups in total.